The lowest BCUT2D eigenvalue weighted by molar-refractivity contribution is -0.277. The standard InChI is InChI=1S/C22H26O13/c1-30-12-4-9(5-13(31-2)16(12)25)21(29)33-8-15-17(26)18(27)19(28)22(34-15)35-20-11(24)6-10(23)7-14(20)32-3/h4-7,15,17-19,22-28H,8H2,1-3H3/t15-,17-,18+,19-,22+/m1/s1. The summed E-state index contributed by atoms with van der Waals surface area (Å²) >= 11 is 0. The molecule has 1 heterocycles. The molecule has 1 fully saturated rings. The van der Waals surface area contributed by atoms with Gasteiger partial charge in [-0.3, -0.25) is 0 Å². The molecular formula is C22H26O13. The minimum atomic E-state index is -1.77. The quantitative estimate of drug-likeness (QED) is 0.264. The third-order valence-electron chi connectivity index (χ3n) is 5.24. The van der Waals surface area contributed by atoms with Gasteiger partial charge in [0, 0.05) is 12.1 Å². The van der Waals surface area contributed by atoms with Crippen LogP contribution in [0.25, 0.3) is 0 Å². The van der Waals surface area contributed by atoms with Crippen LogP contribution in [-0.2, 0) is 9.47 Å². The third kappa shape index (κ3) is 5.38. The minimum absolute atomic E-state index is 0.0417. The molecule has 1 aliphatic heterocycles. The zero-order valence-electron chi connectivity index (χ0n) is 18.9. The number of aliphatic hydroxyl groups is 3. The highest BCUT2D eigenvalue weighted by Gasteiger charge is 2.46. The van der Waals surface area contributed by atoms with Crippen molar-refractivity contribution in [1.29, 1.82) is 0 Å². The average Bonchev–Trinajstić information content (AvgIpc) is 2.84. The summed E-state index contributed by atoms with van der Waals surface area (Å²) < 4.78 is 31.1. The van der Waals surface area contributed by atoms with Crippen molar-refractivity contribution in [2.45, 2.75) is 30.7 Å². The maximum atomic E-state index is 12.6. The number of rotatable bonds is 8. The van der Waals surface area contributed by atoms with Gasteiger partial charge in [0.15, 0.2) is 23.0 Å². The molecule has 13 nitrogen and oxygen atoms in total. The molecule has 2 aromatic rings. The highest BCUT2D eigenvalue weighted by molar-refractivity contribution is 5.91. The molecule has 1 saturated heterocycles. The molecule has 0 aromatic heterocycles. The van der Waals surface area contributed by atoms with Crippen molar-refractivity contribution in [3.63, 3.8) is 0 Å². The molecule has 0 bridgehead atoms. The Hall–Kier alpha value is -3.65. The Balaban J connectivity index is 1.75. The second-order valence-corrected chi connectivity index (χ2v) is 7.46. The summed E-state index contributed by atoms with van der Waals surface area (Å²) in [6.07, 6.45) is -8.18. The normalized spacial score (nSPS) is 23.9. The van der Waals surface area contributed by atoms with E-state index < -0.39 is 49.0 Å². The smallest absolute Gasteiger partial charge is 0.338 e. The first-order chi connectivity index (χ1) is 16.6. The molecule has 0 radical (unpaired) electrons. The monoisotopic (exact) mass is 498 g/mol. The molecule has 6 N–H and O–H groups in total. The zero-order valence-corrected chi connectivity index (χ0v) is 18.9. The van der Waals surface area contributed by atoms with Crippen LogP contribution >= 0.6 is 0 Å². The number of ether oxygens (including phenoxy) is 6. The van der Waals surface area contributed by atoms with Crippen LogP contribution in [-0.4, -0.2) is 95.3 Å². The predicted molar refractivity (Wildman–Crippen MR) is 115 cm³/mol. The number of carbonyl (C=O) groups is 1. The summed E-state index contributed by atoms with van der Waals surface area (Å²) in [6, 6.07) is 4.51. The lowest BCUT2D eigenvalue weighted by atomic mass is 9.99. The zero-order chi connectivity index (χ0) is 25.9. The average molecular weight is 498 g/mol. The van der Waals surface area contributed by atoms with E-state index in [9.17, 15) is 35.4 Å². The van der Waals surface area contributed by atoms with E-state index >= 15 is 0 Å². The van der Waals surface area contributed by atoms with Crippen LogP contribution in [0.15, 0.2) is 24.3 Å². The molecule has 0 unspecified atom stereocenters. The largest absolute Gasteiger partial charge is 0.508 e. The van der Waals surface area contributed by atoms with Gasteiger partial charge in [0.2, 0.25) is 17.8 Å². The van der Waals surface area contributed by atoms with E-state index in [0.29, 0.717) is 0 Å². The first-order valence-corrected chi connectivity index (χ1v) is 10.2. The fourth-order valence-corrected chi connectivity index (χ4v) is 3.36. The molecule has 2 aromatic carbocycles. The minimum Gasteiger partial charge on any atom is -0.508 e. The number of aromatic hydroxyl groups is 3. The molecule has 3 rings (SSSR count). The Morgan fingerprint density at radius 3 is 2.03 bits per heavy atom. The fourth-order valence-electron chi connectivity index (χ4n) is 3.36. The topological polar surface area (TPSA) is 194 Å². The van der Waals surface area contributed by atoms with Gasteiger partial charge in [-0.1, -0.05) is 0 Å². The van der Waals surface area contributed by atoms with E-state index in [1.54, 1.807) is 0 Å². The lowest BCUT2D eigenvalue weighted by Crippen LogP contribution is -2.60. The number of aliphatic hydroxyl groups excluding tert-OH is 3. The molecule has 192 valence electrons. The Bertz CT molecular complexity index is 1030. The van der Waals surface area contributed by atoms with Crippen LogP contribution in [0, 0.1) is 0 Å². The van der Waals surface area contributed by atoms with Crippen LogP contribution in [0.5, 0.6) is 40.2 Å². The Morgan fingerprint density at radius 1 is 0.857 bits per heavy atom. The lowest BCUT2D eigenvalue weighted by Gasteiger charge is -2.40. The van der Waals surface area contributed by atoms with E-state index in [1.165, 1.54) is 33.5 Å². The van der Waals surface area contributed by atoms with Crippen LogP contribution in [0.1, 0.15) is 10.4 Å². The summed E-state index contributed by atoms with van der Waals surface area (Å²) in [6.45, 7) is -0.576. The number of benzene rings is 2. The Labute approximate surface area is 199 Å². The summed E-state index contributed by atoms with van der Waals surface area (Å²) in [5, 5.41) is 60.5. The number of hydrogen-bond acceptors (Lipinski definition) is 13. The molecule has 5 atom stereocenters. The summed E-state index contributed by atoms with van der Waals surface area (Å²) in [5.41, 5.74) is -0.0473. The number of phenolic OH excluding ortho intramolecular Hbond substituents is 3. The maximum absolute atomic E-state index is 12.6. The van der Waals surface area contributed by atoms with Crippen LogP contribution in [0.3, 0.4) is 0 Å². The van der Waals surface area contributed by atoms with Crippen molar-refractivity contribution >= 4 is 5.97 Å². The number of phenols is 3. The van der Waals surface area contributed by atoms with Crippen molar-refractivity contribution < 1.29 is 63.9 Å². The molecular weight excluding hydrogens is 472 g/mol. The molecule has 1 aliphatic rings. The van der Waals surface area contributed by atoms with Gasteiger partial charge in [0.25, 0.3) is 0 Å². The number of methoxy groups -OCH3 is 3. The van der Waals surface area contributed by atoms with Crippen molar-refractivity contribution in [1.82, 2.24) is 0 Å². The second kappa shape index (κ2) is 10.7. The predicted octanol–water partition coefficient (Wildman–Crippen LogP) is -0.127. The number of carbonyl (C=O) groups excluding carboxylic acids is 1. The van der Waals surface area contributed by atoms with Crippen LogP contribution in [0.4, 0.5) is 0 Å². The van der Waals surface area contributed by atoms with E-state index in [1.807, 2.05) is 0 Å². The first-order valence-electron chi connectivity index (χ1n) is 10.2. The van der Waals surface area contributed by atoms with E-state index in [-0.39, 0.29) is 40.1 Å². The number of hydrogen-bond donors (Lipinski definition) is 6. The van der Waals surface area contributed by atoms with Gasteiger partial charge in [-0.15, -0.1) is 0 Å². The van der Waals surface area contributed by atoms with E-state index in [2.05, 4.69) is 0 Å². The molecule has 13 heteroatoms. The van der Waals surface area contributed by atoms with Gasteiger partial charge in [0.1, 0.15) is 36.8 Å². The van der Waals surface area contributed by atoms with Gasteiger partial charge >= 0.3 is 5.97 Å². The highest BCUT2D eigenvalue weighted by atomic mass is 16.7. The Kier molecular flexibility index (Phi) is 7.96. The van der Waals surface area contributed by atoms with Crippen LogP contribution in [0.2, 0.25) is 0 Å². The molecule has 0 saturated carbocycles. The Morgan fingerprint density at radius 2 is 1.46 bits per heavy atom. The third-order valence-corrected chi connectivity index (χ3v) is 5.24. The van der Waals surface area contributed by atoms with Crippen molar-refractivity contribution in [2.75, 3.05) is 27.9 Å². The van der Waals surface area contributed by atoms with Gasteiger partial charge in [-0.2, -0.15) is 0 Å². The van der Waals surface area contributed by atoms with Crippen LogP contribution < -0.4 is 18.9 Å². The maximum Gasteiger partial charge on any atom is 0.338 e. The van der Waals surface area contributed by atoms with Crippen molar-refractivity contribution in [2.24, 2.45) is 0 Å². The molecule has 0 amide bonds. The van der Waals surface area contributed by atoms with Gasteiger partial charge in [-0.05, 0) is 12.1 Å². The number of esters is 1. The summed E-state index contributed by atoms with van der Waals surface area (Å²) in [4.78, 5) is 12.6. The summed E-state index contributed by atoms with van der Waals surface area (Å²) in [7, 11) is 3.81. The van der Waals surface area contributed by atoms with E-state index in [4.69, 9.17) is 28.4 Å². The van der Waals surface area contributed by atoms with Gasteiger partial charge in [0.05, 0.1) is 26.9 Å². The SMILES string of the molecule is COc1cc(C(=O)OC[C@H]2O[C@@H](Oc3c(O)cc(O)cc3OC)[C@H](O)[C@@H](O)[C@@H]2O)cc(OC)c1O. The first kappa shape index (κ1) is 26.0. The van der Waals surface area contributed by atoms with Gasteiger partial charge < -0.3 is 59.1 Å². The summed E-state index contributed by atoms with van der Waals surface area (Å²) in [5.74, 6) is -2.57. The fraction of sp³-hybridized carbons (Fsp3) is 0.409. The van der Waals surface area contributed by atoms with E-state index in [0.717, 1.165) is 12.1 Å². The highest BCUT2D eigenvalue weighted by Crippen LogP contribution is 2.42. The molecule has 35 heavy (non-hydrogen) atoms. The van der Waals surface area contributed by atoms with Crippen molar-refractivity contribution in [3.8, 4) is 40.2 Å². The molecule has 0 spiro atoms. The van der Waals surface area contributed by atoms with Gasteiger partial charge in [-0.25, -0.2) is 4.79 Å². The van der Waals surface area contributed by atoms with Crippen molar-refractivity contribution in [3.05, 3.63) is 29.8 Å². The molecule has 0 aliphatic carbocycles. The second-order valence-electron chi connectivity index (χ2n) is 7.46.